The molecule has 0 saturated carbocycles. The van der Waals surface area contributed by atoms with Crippen molar-refractivity contribution in [3.63, 3.8) is 0 Å². The maximum Gasteiger partial charge on any atom is 0.200 e. The van der Waals surface area contributed by atoms with Gasteiger partial charge in [-0.25, -0.2) is 0 Å². The number of hydrogen-bond acceptors (Lipinski definition) is 2. The molecule has 0 aliphatic rings. The van der Waals surface area contributed by atoms with Crippen LogP contribution >= 0.6 is 12.2 Å². The van der Waals surface area contributed by atoms with Crippen molar-refractivity contribution in [2.75, 3.05) is 0 Å². The molecular weight excluding hydrogens is 266 g/mol. The van der Waals surface area contributed by atoms with Crippen molar-refractivity contribution in [3.8, 4) is 17.1 Å². The molecule has 0 atom stereocenters. The third kappa shape index (κ3) is 2.30. The van der Waals surface area contributed by atoms with Crippen LogP contribution in [0, 0.1) is 18.6 Å². The predicted molar refractivity (Wildman–Crippen MR) is 83.7 cm³/mol. The van der Waals surface area contributed by atoms with E-state index in [0.29, 0.717) is 4.77 Å². The van der Waals surface area contributed by atoms with Gasteiger partial charge in [-0.2, -0.15) is 5.10 Å². The van der Waals surface area contributed by atoms with E-state index < -0.39 is 0 Å². The highest BCUT2D eigenvalue weighted by Gasteiger charge is 2.10. The summed E-state index contributed by atoms with van der Waals surface area (Å²) in [5.41, 5.74) is 4.51. The molecule has 0 fully saturated rings. The van der Waals surface area contributed by atoms with Gasteiger partial charge in [0, 0.05) is 11.3 Å². The van der Waals surface area contributed by atoms with E-state index >= 15 is 0 Å². The van der Waals surface area contributed by atoms with Crippen LogP contribution < -0.4 is 0 Å². The molecule has 100 valence electrons. The van der Waals surface area contributed by atoms with Crippen LogP contribution in [0.3, 0.4) is 0 Å². The Kier molecular flexibility index (Phi) is 3.24. The first-order valence-electron chi connectivity index (χ1n) is 6.46. The second-order valence-corrected chi connectivity index (χ2v) is 5.28. The Morgan fingerprint density at radius 2 is 1.45 bits per heavy atom. The van der Waals surface area contributed by atoms with Crippen LogP contribution in [0.4, 0.5) is 0 Å². The lowest BCUT2D eigenvalue weighted by atomic mass is 10.1. The maximum absolute atomic E-state index is 5.36. The van der Waals surface area contributed by atoms with E-state index in [1.807, 2.05) is 4.57 Å². The molecule has 0 radical (unpaired) electrons. The number of H-pyrrole nitrogens is 1. The zero-order valence-electron chi connectivity index (χ0n) is 11.4. The Morgan fingerprint density at radius 1 is 0.900 bits per heavy atom. The molecule has 0 amide bonds. The zero-order chi connectivity index (χ0) is 14.1. The van der Waals surface area contributed by atoms with E-state index in [9.17, 15) is 0 Å². The van der Waals surface area contributed by atoms with Gasteiger partial charge in [0.15, 0.2) is 10.6 Å². The Morgan fingerprint density at radius 3 is 2.05 bits per heavy atom. The molecule has 0 spiro atoms. The lowest BCUT2D eigenvalue weighted by molar-refractivity contribution is 1.03. The van der Waals surface area contributed by atoms with Crippen LogP contribution in [-0.4, -0.2) is 14.8 Å². The summed E-state index contributed by atoms with van der Waals surface area (Å²) in [6.45, 7) is 4.14. The second-order valence-electron chi connectivity index (χ2n) is 4.89. The van der Waals surface area contributed by atoms with E-state index in [2.05, 4.69) is 72.6 Å². The fourth-order valence-electron chi connectivity index (χ4n) is 2.13. The standard InChI is InChI=1S/C16H15N3S/c1-11-3-7-13(8-4-11)15-17-18-16(20)19(15)14-9-5-12(2)6-10-14/h3-10H,1-2H3,(H,18,20). The Bertz CT molecular complexity index is 780. The van der Waals surface area contributed by atoms with Crippen LogP contribution in [0.5, 0.6) is 0 Å². The number of hydrogen-bond donors (Lipinski definition) is 1. The number of benzene rings is 2. The molecule has 2 aromatic carbocycles. The largest absolute Gasteiger partial charge is 0.268 e. The zero-order valence-corrected chi connectivity index (χ0v) is 12.2. The van der Waals surface area contributed by atoms with Crippen LogP contribution in [0.1, 0.15) is 11.1 Å². The van der Waals surface area contributed by atoms with Crippen LogP contribution in [0.25, 0.3) is 17.1 Å². The van der Waals surface area contributed by atoms with Crippen LogP contribution in [-0.2, 0) is 0 Å². The molecule has 0 unspecified atom stereocenters. The summed E-state index contributed by atoms with van der Waals surface area (Å²) in [7, 11) is 0. The average molecular weight is 281 g/mol. The van der Waals surface area contributed by atoms with Gasteiger partial charge in [0.25, 0.3) is 0 Å². The van der Waals surface area contributed by atoms with Gasteiger partial charge in [0.05, 0.1) is 0 Å². The molecule has 0 saturated heterocycles. The summed E-state index contributed by atoms with van der Waals surface area (Å²) in [5, 5.41) is 7.24. The van der Waals surface area contributed by atoms with Gasteiger partial charge in [-0.15, -0.1) is 0 Å². The smallest absolute Gasteiger partial charge is 0.200 e. The van der Waals surface area contributed by atoms with Gasteiger partial charge in [0.1, 0.15) is 0 Å². The molecule has 1 aromatic heterocycles. The molecule has 4 heteroatoms. The molecule has 3 aromatic rings. The minimum absolute atomic E-state index is 0.601. The van der Waals surface area contributed by atoms with Crippen molar-refractivity contribution >= 4 is 12.2 Å². The van der Waals surface area contributed by atoms with Crippen molar-refractivity contribution < 1.29 is 0 Å². The molecule has 20 heavy (non-hydrogen) atoms. The molecule has 1 N–H and O–H groups in total. The summed E-state index contributed by atoms with van der Waals surface area (Å²) in [4.78, 5) is 0. The van der Waals surface area contributed by atoms with Crippen molar-refractivity contribution in [3.05, 3.63) is 64.4 Å². The number of aryl methyl sites for hydroxylation is 2. The quantitative estimate of drug-likeness (QED) is 0.714. The summed E-state index contributed by atoms with van der Waals surface area (Å²) in [6, 6.07) is 16.5. The monoisotopic (exact) mass is 281 g/mol. The number of aromatic nitrogens is 3. The third-order valence-corrected chi connectivity index (χ3v) is 3.55. The molecule has 0 aliphatic carbocycles. The first-order valence-corrected chi connectivity index (χ1v) is 6.87. The lowest BCUT2D eigenvalue weighted by Crippen LogP contribution is -1.97. The fourth-order valence-corrected chi connectivity index (χ4v) is 2.36. The first kappa shape index (κ1) is 12.8. The van der Waals surface area contributed by atoms with Crippen molar-refractivity contribution in [1.29, 1.82) is 0 Å². The van der Waals surface area contributed by atoms with Crippen molar-refractivity contribution in [1.82, 2.24) is 14.8 Å². The number of nitrogens with one attached hydrogen (secondary N) is 1. The predicted octanol–water partition coefficient (Wildman–Crippen LogP) is 4.21. The highest BCUT2D eigenvalue weighted by Crippen LogP contribution is 2.22. The topological polar surface area (TPSA) is 33.6 Å². The van der Waals surface area contributed by atoms with Crippen LogP contribution in [0.15, 0.2) is 48.5 Å². The van der Waals surface area contributed by atoms with Crippen LogP contribution in [0.2, 0.25) is 0 Å². The molecule has 0 aliphatic heterocycles. The lowest BCUT2D eigenvalue weighted by Gasteiger charge is -2.07. The molecule has 3 nitrogen and oxygen atoms in total. The maximum atomic E-state index is 5.36. The van der Waals surface area contributed by atoms with Gasteiger partial charge in [-0.05, 0) is 38.2 Å². The third-order valence-electron chi connectivity index (χ3n) is 3.27. The summed E-state index contributed by atoms with van der Waals surface area (Å²) >= 11 is 5.36. The van der Waals surface area contributed by atoms with E-state index in [-0.39, 0.29) is 0 Å². The second kappa shape index (κ2) is 5.06. The molecule has 3 rings (SSSR count). The van der Waals surface area contributed by atoms with Gasteiger partial charge in [0.2, 0.25) is 0 Å². The van der Waals surface area contributed by atoms with E-state index in [4.69, 9.17) is 12.2 Å². The van der Waals surface area contributed by atoms with Gasteiger partial charge in [-0.3, -0.25) is 9.67 Å². The summed E-state index contributed by atoms with van der Waals surface area (Å²) in [6.07, 6.45) is 0. The van der Waals surface area contributed by atoms with Crippen molar-refractivity contribution in [2.24, 2.45) is 0 Å². The molecular formula is C16H15N3S. The van der Waals surface area contributed by atoms with Gasteiger partial charge < -0.3 is 0 Å². The first-order chi connectivity index (χ1) is 9.65. The number of nitrogens with zero attached hydrogens (tertiary/aromatic N) is 2. The summed E-state index contributed by atoms with van der Waals surface area (Å²) < 4.78 is 2.56. The van der Waals surface area contributed by atoms with E-state index in [1.165, 1.54) is 11.1 Å². The minimum atomic E-state index is 0.601. The molecule has 1 heterocycles. The van der Waals surface area contributed by atoms with Gasteiger partial charge in [-0.1, -0.05) is 47.5 Å². The highest BCUT2D eigenvalue weighted by atomic mass is 32.1. The Labute approximate surface area is 122 Å². The molecule has 0 bridgehead atoms. The summed E-state index contributed by atoms with van der Waals surface area (Å²) in [5.74, 6) is 0.832. The number of rotatable bonds is 2. The highest BCUT2D eigenvalue weighted by molar-refractivity contribution is 7.71. The Balaban J connectivity index is 2.17. The average Bonchev–Trinajstić information content (AvgIpc) is 2.83. The Hall–Kier alpha value is -2.20. The normalized spacial score (nSPS) is 10.7. The van der Waals surface area contributed by atoms with Gasteiger partial charge >= 0.3 is 0 Å². The number of aromatic amines is 1. The minimum Gasteiger partial charge on any atom is -0.268 e. The van der Waals surface area contributed by atoms with E-state index in [0.717, 1.165) is 17.1 Å². The SMILES string of the molecule is Cc1ccc(-c2n[nH]c(=S)n2-c2ccc(C)cc2)cc1. The van der Waals surface area contributed by atoms with E-state index in [1.54, 1.807) is 0 Å². The fraction of sp³-hybridized carbons (Fsp3) is 0.125. The van der Waals surface area contributed by atoms with Crippen molar-refractivity contribution in [2.45, 2.75) is 13.8 Å².